The number of ether oxygens (including phenoxy) is 1. The summed E-state index contributed by atoms with van der Waals surface area (Å²) >= 11 is 0. The van der Waals surface area contributed by atoms with Crippen molar-refractivity contribution in [2.45, 2.75) is 6.92 Å². The van der Waals surface area contributed by atoms with Crippen LogP contribution in [0.3, 0.4) is 0 Å². The van der Waals surface area contributed by atoms with Crippen LogP contribution in [0.25, 0.3) is 17.2 Å². The van der Waals surface area contributed by atoms with Gasteiger partial charge in [0.1, 0.15) is 12.4 Å². The quantitative estimate of drug-likeness (QED) is 0.471. The summed E-state index contributed by atoms with van der Waals surface area (Å²) in [6.07, 6.45) is 3.37. The van der Waals surface area contributed by atoms with E-state index in [1.165, 1.54) is 6.92 Å². The Morgan fingerprint density at radius 1 is 0.931 bits per heavy atom. The summed E-state index contributed by atoms with van der Waals surface area (Å²) in [6.45, 7) is 2.39. The molecule has 0 radical (unpaired) electrons. The van der Waals surface area contributed by atoms with Crippen molar-refractivity contribution in [3.8, 4) is 16.9 Å². The monoisotopic (exact) mass is 383 g/mol. The smallest absolute Gasteiger partial charge is 0.251 e. The van der Waals surface area contributed by atoms with Crippen LogP contribution in [0.4, 0.5) is 5.69 Å². The molecule has 1 aliphatic rings. The van der Waals surface area contributed by atoms with Gasteiger partial charge in [-0.1, -0.05) is 54.6 Å². The Hall–Kier alpha value is -3.66. The van der Waals surface area contributed by atoms with Gasteiger partial charge in [0.05, 0.1) is 12.2 Å². The van der Waals surface area contributed by atoms with Gasteiger partial charge in [-0.2, -0.15) is 0 Å². The number of hydrogen-bond donors (Lipinski definition) is 0. The third-order valence-electron chi connectivity index (χ3n) is 4.93. The molecule has 4 heteroatoms. The van der Waals surface area contributed by atoms with Crippen LogP contribution in [0, 0.1) is 0 Å². The third kappa shape index (κ3) is 4.11. The number of ketones is 1. The zero-order valence-corrected chi connectivity index (χ0v) is 16.2. The van der Waals surface area contributed by atoms with Crippen molar-refractivity contribution in [3.05, 3.63) is 90.0 Å². The van der Waals surface area contributed by atoms with Crippen molar-refractivity contribution in [2.75, 3.05) is 18.1 Å². The maximum atomic E-state index is 12.8. The van der Waals surface area contributed by atoms with Crippen molar-refractivity contribution in [3.63, 3.8) is 0 Å². The summed E-state index contributed by atoms with van der Waals surface area (Å²) in [5.74, 6) is 0.442. The number of rotatable bonds is 4. The van der Waals surface area contributed by atoms with Crippen molar-refractivity contribution in [1.29, 1.82) is 0 Å². The minimum absolute atomic E-state index is 0.0418. The van der Waals surface area contributed by atoms with Crippen LogP contribution in [-0.2, 0) is 4.79 Å². The Morgan fingerprint density at radius 2 is 1.66 bits per heavy atom. The molecule has 0 aromatic heterocycles. The first kappa shape index (κ1) is 18.7. The van der Waals surface area contributed by atoms with Crippen molar-refractivity contribution < 1.29 is 14.3 Å². The number of carbonyl (C=O) groups excluding carboxylic acids is 2. The second-order valence-corrected chi connectivity index (χ2v) is 6.90. The summed E-state index contributed by atoms with van der Waals surface area (Å²) < 4.78 is 5.63. The van der Waals surface area contributed by atoms with Crippen LogP contribution in [0.5, 0.6) is 5.75 Å². The van der Waals surface area contributed by atoms with Gasteiger partial charge in [0.25, 0.3) is 5.91 Å². The Labute approximate surface area is 170 Å². The Balaban J connectivity index is 1.52. The topological polar surface area (TPSA) is 46.6 Å². The summed E-state index contributed by atoms with van der Waals surface area (Å²) in [4.78, 5) is 26.1. The molecule has 0 N–H and O–H groups in total. The van der Waals surface area contributed by atoms with Crippen molar-refractivity contribution >= 4 is 23.5 Å². The van der Waals surface area contributed by atoms with E-state index in [1.807, 2.05) is 42.5 Å². The number of carbonyl (C=O) groups is 2. The molecule has 0 saturated carbocycles. The van der Waals surface area contributed by atoms with E-state index in [0.717, 1.165) is 16.7 Å². The van der Waals surface area contributed by atoms with Gasteiger partial charge < -0.3 is 9.64 Å². The van der Waals surface area contributed by atoms with Gasteiger partial charge >= 0.3 is 0 Å². The maximum absolute atomic E-state index is 12.8. The van der Waals surface area contributed by atoms with Gasteiger partial charge in [0, 0.05) is 11.6 Å². The van der Waals surface area contributed by atoms with E-state index in [1.54, 1.807) is 35.3 Å². The fourth-order valence-electron chi connectivity index (χ4n) is 3.34. The molecule has 29 heavy (non-hydrogen) atoms. The van der Waals surface area contributed by atoms with E-state index in [2.05, 4.69) is 12.1 Å². The second kappa shape index (κ2) is 8.15. The van der Waals surface area contributed by atoms with Crippen LogP contribution in [0.1, 0.15) is 22.8 Å². The van der Waals surface area contributed by atoms with E-state index in [0.29, 0.717) is 30.2 Å². The van der Waals surface area contributed by atoms with Crippen LogP contribution in [0.15, 0.2) is 78.9 Å². The number of Topliss-reactive ketones (excluding diaryl/α,β-unsaturated/α-hetero) is 1. The SMILES string of the molecule is CC(=O)c1ccc2c(c1)N(C(=O)/C=C/c1ccc(-c3ccccc3)cc1)CCO2. The second-order valence-electron chi connectivity index (χ2n) is 6.90. The molecule has 3 aromatic rings. The molecule has 0 saturated heterocycles. The molecule has 1 heterocycles. The molecule has 144 valence electrons. The Bertz CT molecular complexity index is 1070. The van der Waals surface area contributed by atoms with Crippen LogP contribution >= 0.6 is 0 Å². The fraction of sp³-hybridized carbons (Fsp3) is 0.120. The minimum atomic E-state index is -0.137. The predicted molar refractivity (Wildman–Crippen MR) is 115 cm³/mol. The van der Waals surface area contributed by atoms with Crippen molar-refractivity contribution in [2.24, 2.45) is 0 Å². The lowest BCUT2D eigenvalue weighted by atomic mass is 10.0. The maximum Gasteiger partial charge on any atom is 0.251 e. The lowest BCUT2D eigenvalue weighted by molar-refractivity contribution is -0.114. The Morgan fingerprint density at radius 3 is 2.38 bits per heavy atom. The van der Waals surface area contributed by atoms with Gasteiger partial charge in [0.2, 0.25) is 0 Å². The highest BCUT2D eigenvalue weighted by molar-refractivity contribution is 6.06. The van der Waals surface area contributed by atoms with Gasteiger partial charge in [-0.3, -0.25) is 9.59 Å². The molecule has 1 aliphatic heterocycles. The zero-order chi connectivity index (χ0) is 20.2. The zero-order valence-electron chi connectivity index (χ0n) is 16.2. The number of benzene rings is 3. The largest absolute Gasteiger partial charge is 0.490 e. The standard InChI is InChI=1S/C25H21NO3/c1-18(27)22-12-13-24-23(17-22)26(15-16-29-24)25(28)14-9-19-7-10-21(11-8-19)20-5-3-2-4-6-20/h2-14,17H,15-16H2,1H3/b14-9+. The molecule has 0 spiro atoms. The number of hydrogen-bond acceptors (Lipinski definition) is 3. The number of nitrogens with zero attached hydrogens (tertiary/aromatic N) is 1. The molecule has 0 atom stereocenters. The number of anilines is 1. The average molecular weight is 383 g/mol. The van der Waals surface area contributed by atoms with Crippen LogP contribution in [-0.4, -0.2) is 24.8 Å². The van der Waals surface area contributed by atoms with Crippen LogP contribution < -0.4 is 9.64 Å². The third-order valence-corrected chi connectivity index (χ3v) is 4.93. The predicted octanol–water partition coefficient (Wildman–Crippen LogP) is 5.00. The molecule has 3 aromatic carbocycles. The van der Waals surface area contributed by atoms with Gasteiger partial charge in [-0.05, 0) is 47.9 Å². The highest BCUT2D eigenvalue weighted by Gasteiger charge is 2.23. The lowest BCUT2D eigenvalue weighted by Crippen LogP contribution is -2.37. The molecular formula is C25H21NO3. The molecule has 0 bridgehead atoms. The first-order chi connectivity index (χ1) is 14.1. The molecule has 4 rings (SSSR count). The molecule has 0 aliphatic carbocycles. The minimum Gasteiger partial charge on any atom is -0.490 e. The summed E-state index contributed by atoms with van der Waals surface area (Å²) in [5, 5.41) is 0. The van der Waals surface area contributed by atoms with Gasteiger partial charge in [0.15, 0.2) is 5.78 Å². The van der Waals surface area contributed by atoms with E-state index in [9.17, 15) is 9.59 Å². The lowest BCUT2D eigenvalue weighted by Gasteiger charge is -2.29. The number of amides is 1. The molecular weight excluding hydrogens is 362 g/mol. The highest BCUT2D eigenvalue weighted by atomic mass is 16.5. The average Bonchev–Trinajstić information content (AvgIpc) is 2.77. The Kier molecular flexibility index (Phi) is 5.25. The molecule has 4 nitrogen and oxygen atoms in total. The first-order valence-corrected chi connectivity index (χ1v) is 9.55. The molecule has 0 unspecified atom stereocenters. The van der Waals surface area contributed by atoms with E-state index in [-0.39, 0.29) is 11.7 Å². The fourth-order valence-corrected chi connectivity index (χ4v) is 3.34. The summed E-state index contributed by atoms with van der Waals surface area (Å²) in [6, 6.07) is 23.4. The van der Waals surface area contributed by atoms with Gasteiger partial charge in [-0.15, -0.1) is 0 Å². The highest BCUT2D eigenvalue weighted by Crippen LogP contribution is 2.33. The number of fused-ring (bicyclic) bond motifs is 1. The first-order valence-electron chi connectivity index (χ1n) is 9.55. The molecule has 1 amide bonds. The van der Waals surface area contributed by atoms with Crippen molar-refractivity contribution in [1.82, 2.24) is 0 Å². The van der Waals surface area contributed by atoms with E-state index >= 15 is 0 Å². The molecule has 0 fully saturated rings. The van der Waals surface area contributed by atoms with Gasteiger partial charge in [-0.25, -0.2) is 0 Å². The summed E-state index contributed by atoms with van der Waals surface area (Å²) in [7, 11) is 0. The van der Waals surface area contributed by atoms with E-state index < -0.39 is 0 Å². The van der Waals surface area contributed by atoms with Crippen LogP contribution in [0.2, 0.25) is 0 Å². The normalized spacial score (nSPS) is 13.1. The summed E-state index contributed by atoms with van der Waals surface area (Å²) in [5.41, 5.74) is 4.44. The van der Waals surface area contributed by atoms with E-state index in [4.69, 9.17) is 4.74 Å².